The van der Waals surface area contributed by atoms with Gasteiger partial charge in [-0.05, 0) is 31.4 Å². The Hall–Kier alpha value is -1.06. The number of benzene rings is 1. The third-order valence-corrected chi connectivity index (χ3v) is 3.96. The summed E-state index contributed by atoms with van der Waals surface area (Å²) in [7, 11) is 1.77. The molecule has 2 unspecified atom stereocenters. The van der Waals surface area contributed by atoms with E-state index < -0.39 is 0 Å². The molecule has 0 amide bonds. The van der Waals surface area contributed by atoms with Gasteiger partial charge in [-0.15, -0.1) is 0 Å². The first kappa shape index (κ1) is 14.4. The van der Waals surface area contributed by atoms with Crippen molar-refractivity contribution in [2.24, 2.45) is 0 Å². The van der Waals surface area contributed by atoms with Crippen LogP contribution in [-0.4, -0.2) is 38.9 Å². The van der Waals surface area contributed by atoms with Crippen molar-refractivity contribution in [2.45, 2.75) is 38.8 Å². The van der Waals surface area contributed by atoms with Crippen LogP contribution in [0.1, 0.15) is 25.8 Å². The van der Waals surface area contributed by atoms with Gasteiger partial charge in [-0.3, -0.25) is 0 Å². The number of hydrogen-bond donors (Lipinski definition) is 1. The predicted molar refractivity (Wildman–Crippen MR) is 80.9 cm³/mol. The first-order chi connectivity index (χ1) is 9.26. The summed E-state index contributed by atoms with van der Waals surface area (Å²) >= 11 is 0. The highest BCUT2D eigenvalue weighted by Gasteiger charge is 2.25. The highest BCUT2D eigenvalue weighted by atomic mass is 16.5. The van der Waals surface area contributed by atoms with Crippen LogP contribution in [0.2, 0.25) is 0 Å². The van der Waals surface area contributed by atoms with E-state index in [2.05, 4.69) is 48.3 Å². The lowest BCUT2D eigenvalue weighted by Crippen LogP contribution is -2.55. The first-order valence-electron chi connectivity index (χ1n) is 7.33. The number of piperazine rings is 1. The second-order valence-electron chi connectivity index (χ2n) is 5.40. The zero-order valence-electron chi connectivity index (χ0n) is 12.4. The highest BCUT2D eigenvalue weighted by Crippen LogP contribution is 2.26. The van der Waals surface area contributed by atoms with Crippen molar-refractivity contribution in [3.05, 3.63) is 29.8 Å². The van der Waals surface area contributed by atoms with Crippen LogP contribution in [0.15, 0.2) is 24.3 Å². The number of nitrogens with zero attached hydrogens (tertiary/aromatic N) is 1. The molecule has 0 aromatic heterocycles. The maximum atomic E-state index is 5.23. The molecule has 1 aromatic carbocycles. The molecule has 3 heteroatoms. The Morgan fingerprint density at radius 2 is 2.16 bits per heavy atom. The normalized spacial score (nSPS) is 23.6. The van der Waals surface area contributed by atoms with Crippen LogP contribution in [0.25, 0.3) is 0 Å². The number of hydrogen-bond acceptors (Lipinski definition) is 3. The van der Waals surface area contributed by atoms with Crippen LogP contribution in [0, 0.1) is 0 Å². The van der Waals surface area contributed by atoms with Gasteiger partial charge in [0.05, 0.1) is 6.61 Å². The summed E-state index contributed by atoms with van der Waals surface area (Å²) in [6.45, 7) is 7.48. The van der Waals surface area contributed by atoms with Crippen LogP contribution in [0.5, 0.6) is 0 Å². The zero-order chi connectivity index (χ0) is 13.7. The van der Waals surface area contributed by atoms with Crippen LogP contribution < -0.4 is 10.2 Å². The monoisotopic (exact) mass is 262 g/mol. The van der Waals surface area contributed by atoms with Crippen molar-refractivity contribution in [2.75, 3.05) is 31.7 Å². The SMILES string of the molecule is CCC1CNC(C)CN1c1ccccc1CCOC. The molecule has 19 heavy (non-hydrogen) atoms. The smallest absolute Gasteiger partial charge is 0.0503 e. The minimum Gasteiger partial charge on any atom is -0.384 e. The molecular formula is C16H26N2O. The molecule has 0 bridgehead atoms. The van der Waals surface area contributed by atoms with Gasteiger partial charge >= 0.3 is 0 Å². The van der Waals surface area contributed by atoms with Gasteiger partial charge in [0.1, 0.15) is 0 Å². The van der Waals surface area contributed by atoms with E-state index in [0.29, 0.717) is 12.1 Å². The van der Waals surface area contributed by atoms with E-state index in [1.54, 1.807) is 7.11 Å². The van der Waals surface area contributed by atoms with E-state index in [1.807, 2.05) is 0 Å². The van der Waals surface area contributed by atoms with Gasteiger partial charge in [0, 0.05) is 38.0 Å². The maximum Gasteiger partial charge on any atom is 0.0503 e. The van der Waals surface area contributed by atoms with Crippen LogP contribution in [0.3, 0.4) is 0 Å². The van der Waals surface area contributed by atoms with E-state index in [-0.39, 0.29) is 0 Å². The summed E-state index contributed by atoms with van der Waals surface area (Å²) in [5, 5.41) is 3.58. The summed E-state index contributed by atoms with van der Waals surface area (Å²) in [4.78, 5) is 2.58. The number of rotatable bonds is 5. The van der Waals surface area contributed by atoms with Gasteiger partial charge in [-0.1, -0.05) is 25.1 Å². The Morgan fingerprint density at radius 1 is 1.37 bits per heavy atom. The van der Waals surface area contributed by atoms with Crippen molar-refractivity contribution >= 4 is 5.69 Å². The van der Waals surface area contributed by atoms with Gasteiger partial charge in [0.15, 0.2) is 0 Å². The zero-order valence-corrected chi connectivity index (χ0v) is 12.4. The second kappa shape index (κ2) is 6.92. The standard InChI is InChI=1S/C16H26N2O/c1-4-15-11-17-13(2)12-18(15)16-8-6-5-7-14(16)9-10-19-3/h5-8,13,15,17H,4,9-12H2,1-3H3. The molecule has 0 radical (unpaired) electrons. The molecule has 0 spiro atoms. The number of nitrogens with one attached hydrogen (secondary N) is 1. The minimum absolute atomic E-state index is 0.554. The van der Waals surface area contributed by atoms with Crippen LogP contribution in [-0.2, 0) is 11.2 Å². The molecule has 1 heterocycles. The van der Waals surface area contributed by atoms with Crippen molar-refractivity contribution in [1.82, 2.24) is 5.32 Å². The molecule has 106 valence electrons. The van der Waals surface area contributed by atoms with E-state index in [4.69, 9.17) is 4.74 Å². The molecule has 0 aliphatic carbocycles. The van der Waals surface area contributed by atoms with Crippen molar-refractivity contribution in [1.29, 1.82) is 0 Å². The molecule has 1 aliphatic heterocycles. The Bertz CT molecular complexity index is 394. The third kappa shape index (κ3) is 3.48. The Labute approximate surface area is 116 Å². The number of methoxy groups -OCH3 is 1. The molecule has 1 aromatic rings. The fraction of sp³-hybridized carbons (Fsp3) is 0.625. The average Bonchev–Trinajstić information content (AvgIpc) is 2.45. The highest BCUT2D eigenvalue weighted by molar-refractivity contribution is 5.55. The first-order valence-corrected chi connectivity index (χ1v) is 7.33. The molecule has 2 atom stereocenters. The van der Waals surface area contributed by atoms with E-state index in [0.717, 1.165) is 26.1 Å². The fourth-order valence-electron chi connectivity index (χ4n) is 2.83. The Morgan fingerprint density at radius 3 is 2.89 bits per heavy atom. The second-order valence-corrected chi connectivity index (χ2v) is 5.40. The largest absolute Gasteiger partial charge is 0.384 e. The van der Waals surface area contributed by atoms with Gasteiger partial charge in [0.25, 0.3) is 0 Å². The lowest BCUT2D eigenvalue weighted by molar-refractivity contribution is 0.202. The maximum absolute atomic E-state index is 5.23. The van der Waals surface area contributed by atoms with E-state index >= 15 is 0 Å². The lowest BCUT2D eigenvalue weighted by Gasteiger charge is -2.41. The number of anilines is 1. The molecule has 0 saturated carbocycles. The average molecular weight is 262 g/mol. The topological polar surface area (TPSA) is 24.5 Å². The number of ether oxygens (including phenoxy) is 1. The summed E-state index contributed by atoms with van der Waals surface area (Å²) < 4.78 is 5.23. The summed E-state index contributed by atoms with van der Waals surface area (Å²) in [5.41, 5.74) is 2.79. The van der Waals surface area contributed by atoms with Crippen molar-refractivity contribution < 1.29 is 4.74 Å². The molecular weight excluding hydrogens is 236 g/mol. The van der Waals surface area contributed by atoms with E-state index in [9.17, 15) is 0 Å². The summed E-state index contributed by atoms with van der Waals surface area (Å²) in [6, 6.07) is 9.91. The van der Waals surface area contributed by atoms with Crippen molar-refractivity contribution in [3.8, 4) is 0 Å². The van der Waals surface area contributed by atoms with Crippen molar-refractivity contribution in [3.63, 3.8) is 0 Å². The van der Waals surface area contributed by atoms with Crippen LogP contribution >= 0.6 is 0 Å². The lowest BCUT2D eigenvalue weighted by atomic mass is 10.0. The molecule has 3 nitrogen and oxygen atoms in total. The Kier molecular flexibility index (Phi) is 5.23. The molecule has 1 fully saturated rings. The molecule has 1 aliphatic rings. The minimum atomic E-state index is 0.554. The third-order valence-electron chi connectivity index (χ3n) is 3.96. The van der Waals surface area contributed by atoms with Gasteiger partial charge in [-0.25, -0.2) is 0 Å². The van der Waals surface area contributed by atoms with Gasteiger partial charge in [0.2, 0.25) is 0 Å². The number of para-hydroxylation sites is 1. The molecule has 2 rings (SSSR count). The van der Waals surface area contributed by atoms with E-state index in [1.165, 1.54) is 17.7 Å². The van der Waals surface area contributed by atoms with Gasteiger partial charge in [-0.2, -0.15) is 0 Å². The van der Waals surface area contributed by atoms with Crippen LogP contribution in [0.4, 0.5) is 5.69 Å². The quantitative estimate of drug-likeness (QED) is 0.882. The summed E-state index contributed by atoms with van der Waals surface area (Å²) in [6.07, 6.45) is 2.17. The molecule has 1 N–H and O–H groups in total. The fourth-order valence-corrected chi connectivity index (χ4v) is 2.83. The van der Waals surface area contributed by atoms with Gasteiger partial charge < -0.3 is 15.0 Å². The summed E-state index contributed by atoms with van der Waals surface area (Å²) in [5.74, 6) is 0. The Balaban J connectivity index is 2.22. The predicted octanol–water partition coefficient (Wildman–Crippen LogP) is 2.45. The molecule has 1 saturated heterocycles.